The van der Waals surface area contributed by atoms with Crippen molar-refractivity contribution in [1.29, 1.82) is 0 Å². The Hall–Kier alpha value is -3.53. The van der Waals surface area contributed by atoms with E-state index >= 15 is 4.39 Å². The number of piperazine rings is 1. The Balaban J connectivity index is 1.26. The Morgan fingerprint density at radius 2 is 1.74 bits per heavy atom. The highest BCUT2D eigenvalue weighted by Gasteiger charge is 2.24. The second-order valence-corrected chi connectivity index (χ2v) is 9.68. The molecule has 3 aliphatic rings. The van der Waals surface area contributed by atoms with Gasteiger partial charge >= 0.3 is 0 Å². The lowest BCUT2D eigenvalue weighted by molar-refractivity contribution is 0.0322. The van der Waals surface area contributed by atoms with Crippen molar-refractivity contribution >= 4 is 23.3 Å². The van der Waals surface area contributed by atoms with Gasteiger partial charge in [0.15, 0.2) is 0 Å². The van der Waals surface area contributed by atoms with Gasteiger partial charge < -0.3 is 24.6 Å². The number of nitrogens with zero attached hydrogens (tertiary/aromatic N) is 5. The maximum Gasteiger partial charge on any atom is 0.132 e. The number of aromatic nitrogens is 1. The van der Waals surface area contributed by atoms with Crippen LogP contribution < -0.4 is 19.9 Å². The maximum absolute atomic E-state index is 15.2. The number of pyridine rings is 1. The van der Waals surface area contributed by atoms with Crippen LogP contribution in [-0.2, 0) is 4.74 Å². The molecule has 0 spiro atoms. The Morgan fingerprint density at radius 1 is 0.947 bits per heavy atom. The van der Waals surface area contributed by atoms with Gasteiger partial charge in [-0.05, 0) is 48.5 Å². The summed E-state index contributed by atoms with van der Waals surface area (Å²) in [4.78, 5) is 16.0. The van der Waals surface area contributed by atoms with Crippen molar-refractivity contribution in [3.8, 4) is 17.0 Å². The first-order valence-electron chi connectivity index (χ1n) is 13.3. The van der Waals surface area contributed by atoms with Crippen LogP contribution in [-0.4, -0.2) is 88.4 Å². The summed E-state index contributed by atoms with van der Waals surface area (Å²) in [6, 6.07) is 15.3. The van der Waals surface area contributed by atoms with Crippen molar-refractivity contribution in [1.82, 2.24) is 15.2 Å². The summed E-state index contributed by atoms with van der Waals surface area (Å²) >= 11 is 0. The second kappa shape index (κ2) is 11.5. The molecule has 0 radical (unpaired) electrons. The van der Waals surface area contributed by atoms with E-state index in [2.05, 4.69) is 54.3 Å². The van der Waals surface area contributed by atoms with E-state index in [1.165, 1.54) is 11.8 Å². The molecule has 9 heteroatoms. The molecule has 0 unspecified atom stereocenters. The average molecular weight is 517 g/mol. The molecule has 6 rings (SSSR count). The molecule has 2 saturated heterocycles. The highest BCUT2D eigenvalue weighted by atomic mass is 19.1. The largest absolute Gasteiger partial charge is 0.492 e. The molecule has 2 fully saturated rings. The van der Waals surface area contributed by atoms with Crippen LogP contribution in [0.4, 0.5) is 21.5 Å². The van der Waals surface area contributed by atoms with Crippen molar-refractivity contribution in [3.05, 3.63) is 66.1 Å². The molecule has 1 aromatic heterocycles. The Labute approximate surface area is 222 Å². The van der Waals surface area contributed by atoms with Crippen LogP contribution in [0.3, 0.4) is 0 Å². The molecule has 0 bridgehead atoms. The lowest BCUT2D eigenvalue weighted by Crippen LogP contribution is -2.43. The minimum atomic E-state index is -0.331. The number of nitrogens with one attached hydrogen (secondary N) is 1. The fraction of sp³-hybridized carbons (Fsp3) is 0.379. The number of anilines is 3. The summed E-state index contributed by atoms with van der Waals surface area (Å²) in [5.41, 5.74) is 4.96. The molecule has 0 aliphatic carbocycles. The van der Waals surface area contributed by atoms with E-state index in [0.717, 1.165) is 76.0 Å². The first-order chi connectivity index (χ1) is 18.8. The van der Waals surface area contributed by atoms with E-state index in [-0.39, 0.29) is 5.82 Å². The third kappa shape index (κ3) is 5.36. The number of benzene rings is 2. The fourth-order valence-electron chi connectivity index (χ4n) is 5.22. The first kappa shape index (κ1) is 24.8. The Bertz CT molecular complexity index is 1270. The van der Waals surface area contributed by atoms with E-state index in [1.54, 1.807) is 18.3 Å². The molecule has 3 aromatic rings. The quantitative estimate of drug-likeness (QED) is 0.515. The van der Waals surface area contributed by atoms with Crippen LogP contribution in [0.15, 0.2) is 59.7 Å². The molecule has 0 atom stereocenters. The number of ether oxygens (including phenoxy) is 2. The molecule has 4 heterocycles. The van der Waals surface area contributed by atoms with E-state index in [0.29, 0.717) is 30.3 Å². The van der Waals surface area contributed by atoms with Crippen molar-refractivity contribution in [3.63, 3.8) is 0 Å². The fourth-order valence-corrected chi connectivity index (χ4v) is 5.22. The maximum atomic E-state index is 15.2. The van der Waals surface area contributed by atoms with E-state index in [4.69, 9.17) is 9.47 Å². The minimum absolute atomic E-state index is 0.331. The molecule has 0 amide bonds. The van der Waals surface area contributed by atoms with Crippen LogP contribution in [0.25, 0.3) is 11.3 Å². The SMILES string of the molecule is Fc1ccc(OCCN2CCOCC2)cc1-c1nccc2c1N(c1ccc(N3CCNCC3)cc1)CN=C2. The number of fused-ring (bicyclic) bond motifs is 1. The second-order valence-electron chi connectivity index (χ2n) is 9.68. The molecule has 8 nitrogen and oxygen atoms in total. The number of aliphatic imine (C=N–C) groups is 1. The van der Waals surface area contributed by atoms with Crippen molar-refractivity contribution in [2.75, 3.05) is 82.1 Å². The van der Waals surface area contributed by atoms with E-state index in [1.807, 2.05) is 12.3 Å². The monoisotopic (exact) mass is 516 g/mol. The van der Waals surface area contributed by atoms with E-state index in [9.17, 15) is 0 Å². The van der Waals surface area contributed by atoms with Crippen molar-refractivity contribution < 1.29 is 13.9 Å². The number of halogens is 1. The van der Waals surface area contributed by atoms with Gasteiger partial charge in [-0.3, -0.25) is 14.9 Å². The summed E-state index contributed by atoms with van der Waals surface area (Å²) in [5.74, 6) is 0.299. The van der Waals surface area contributed by atoms with Gasteiger partial charge in [0.1, 0.15) is 24.8 Å². The van der Waals surface area contributed by atoms with Gasteiger partial charge in [0.2, 0.25) is 0 Å². The summed E-state index contributed by atoms with van der Waals surface area (Å²) in [7, 11) is 0. The summed E-state index contributed by atoms with van der Waals surface area (Å²) in [5, 5.41) is 3.40. The van der Waals surface area contributed by atoms with Crippen molar-refractivity contribution in [2.24, 2.45) is 4.99 Å². The summed E-state index contributed by atoms with van der Waals surface area (Å²) < 4.78 is 26.7. The van der Waals surface area contributed by atoms with Gasteiger partial charge in [0.05, 0.1) is 24.6 Å². The first-order valence-corrected chi connectivity index (χ1v) is 13.3. The zero-order valence-electron chi connectivity index (χ0n) is 21.5. The summed E-state index contributed by atoms with van der Waals surface area (Å²) in [6.07, 6.45) is 3.55. The average Bonchev–Trinajstić information content (AvgIpc) is 2.98. The predicted octanol–water partition coefficient (Wildman–Crippen LogP) is 3.54. The standard InChI is InChI=1S/C29H33FN6O2/c30-27-6-5-25(38-18-15-34-13-16-37-17-14-34)19-26(27)28-29-22(7-8-33-28)20-32-21-36(29)24-3-1-23(2-4-24)35-11-9-31-10-12-35/h1-8,19-20,31H,9-18,21H2. The highest BCUT2D eigenvalue weighted by Crippen LogP contribution is 2.40. The normalized spacial score (nSPS) is 17.9. The molecule has 3 aliphatic heterocycles. The topological polar surface area (TPSA) is 65.5 Å². The van der Waals surface area contributed by atoms with Crippen molar-refractivity contribution in [2.45, 2.75) is 0 Å². The predicted molar refractivity (Wildman–Crippen MR) is 149 cm³/mol. The number of hydrogen-bond acceptors (Lipinski definition) is 8. The zero-order valence-corrected chi connectivity index (χ0v) is 21.5. The van der Waals surface area contributed by atoms with Gasteiger partial charge in [0.25, 0.3) is 0 Å². The third-order valence-electron chi connectivity index (χ3n) is 7.30. The molecular weight excluding hydrogens is 483 g/mol. The number of hydrogen-bond donors (Lipinski definition) is 1. The van der Waals surface area contributed by atoms with Crippen LogP contribution >= 0.6 is 0 Å². The smallest absolute Gasteiger partial charge is 0.132 e. The number of morpholine rings is 1. The number of rotatable bonds is 7. The Kier molecular flexibility index (Phi) is 7.48. The van der Waals surface area contributed by atoms with Gasteiger partial charge in [-0.25, -0.2) is 4.39 Å². The van der Waals surface area contributed by atoms with Crippen LogP contribution in [0.5, 0.6) is 5.75 Å². The molecule has 0 saturated carbocycles. The third-order valence-corrected chi connectivity index (χ3v) is 7.30. The molecular formula is C29H33FN6O2. The van der Waals surface area contributed by atoms with Crippen LogP contribution in [0.2, 0.25) is 0 Å². The Morgan fingerprint density at radius 3 is 2.55 bits per heavy atom. The minimum Gasteiger partial charge on any atom is -0.492 e. The van der Waals surface area contributed by atoms with Gasteiger partial charge in [-0.15, -0.1) is 0 Å². The lowest BCUT2D eigenvalue weighted by Gasteiger charge is -2.31. The van der Waals surface area contributed by atoms with E-state index < -0.39 is 0 Å². The summed E-state index contributed by atoms with van der Waals surface area (Å²) in [6.45, 7) is 9.08. The molecule has 1 N–H and O–H groups in total. The molecule has 38 heavy (non-hydrogen) atoms. The van der Waals surface area contributed by atoms with Gasteiger partial charge in [-0.2, -0.15) is 0 Å². The zero-order chi connectivity index (χ0) is 25.7. The highest BCUT2D eigenvalue weighted by molar-refractivity contribution is 5.97. The van der Waals surface area contributed by atoms with Crippen LogP contribution in [0.1, 0.15) is 5.56 Å². The van der Waals surface area contributed by atoms with Crippen LogP contribution in [0, 0.1) is 5.82 Å². The van der Waals surface area contributed by atoms with Gasteiger partial charge in [-0.1, -0.05) is 0 Å². The van der Waals surface area contributed by atoms with Gasteiger partial charge in [0, 0.05) is 80.7 Å². The molecule has 2 aromatic carbocycles. The molecule has 198 valence electrons. The lowest BCUT2D eigenvalue weighted by atomic mass is 10.0.